The summed E-state index contributed by atoms with van der Waals surface area (Å²) >= 11 is 16.5. The molecule has 2 amide bonds. The van der Waals surface area contributed by atoms with Gasteiger partial charge in [-0.15, -0.1) is 0 Å². The van der Waals surface area contributed by atoms with Crippen LogP contribution in [0.15, 0.2) is 17.1 Å². The monoisotopic (exact) mass is 348 g/mol. The van der Waals surface area contributed by atoms with Crippen LogP contribution in [0.4, 0.5) is 0 Å². The van der Waals surface area contributed by atoms with Crippen LogP contribution in [0, 0.1) is 0 Å². The third-order valence-corrected chi connectivity index (χ3v) is 3.39. The number of nitrogens with zero attached hydrogens (tertiary/aromatic N) is 3. The van der Waals surface area contributed by atoms with Crippen LogP contribution in [0.2, 0.25) is 10.2 Å². The minimum absolute atomic E-state index is 0.159. The predicted octanol–water partition coefficient (Wildman–Crippen LogP) is 1.91. The summed E-state index contributed by atoms with van der Waals surface area (Å²) in [6, 6.07) is 1.50. The van der Waals surface area contributed by atoms with E-state index in [1.54, 1.807) is 0 Å². The third kappa shape index (κ3) is 3.49. The van der Waals surface area contributed by atoms with Gasteiger partial charge in [0.05, 0.1) is 10.4 Å². The van der Waals surface area contributed by atoms with Gasteiger partial charge in [0.25, 0.3) is 5.56 Å². The Labute approximate surface area is 132 Å². The smallest absolute Gasteiger partial charge is 0.273 e. The number of H-pyrrole nitrogens is 1. The Morgan fingerprint density at radius 1 is 1.14 bits per heavy atom. The Morgan fingerprint density at radius 3 is 2.29 bits per heavy atom. The highest BCUT2D eigenvalue weighted by Crippen LogP contribution is 2.17. The van der Waals surface area contributed by atoms with Gasteiger partial charge in [-0.1, -0.05) is 23.2 Å². The molecule has 2 aromatic rings. The molecule has 1 aliphatic heterocycles. The second-order valence-electron chi connectivity index (χ2n) is 3.96. The van der Waals surface area contributed by atoms with E-state index in [-0.39, 0.29) is 35.4 Å². The van der Waals surface area contributed by atoms with Crippen LogP contribution >= 0.6 is 35.0 Å². The second-order valence-corrected chi connectivity index (χ2v) is 5.09. The largest absolute Gasteiger partial charge is 0.273 e. The van der Waals surface area contributed by atoms with Crippen LogP contribution in [0.5, 0.6) is 0 Å². The molecular formula is C11H7Cl3N4O3. The molecule has 21 heavy (non-hydrogen) atoms. The molecule has 0 atom stereocenters. The van der Waals surface area contributed by atoms with Gasteiger partial charge in [-0.2, -0.15) is 9.52 Å². The number of fused-ring (bicyclic) bond motifs is 1. The van der Waals surface area contributed by atoms with Crippen molar-refractivity contribution in [2.45, 2.75) is 12.8 Å². The number of carbonyl (C=O) groups excluding carboxylic acids is 2. The molecular weight excluding hydrogens is 343 g/mol. The molecule has 7 nitrogen and oxygen atoms in total. The highest BCUT2D eigenvalue weighted by Gasteiger charge is 2.26. The summed E-state index contributed by atoms with van der Waals surface area (Å²) in [5.41, 5.74) is 0.00390. The molecule has 0 radical (unpaired) electrons. The molecule has 0 spiro atoms. The minimum atomic E-state index is -0.352. The lowest BCUT2D eigenvalue weighted by Gasteiger charge is -1.96. The zero-order valence-corrected chi connectivity index (χ0v) is 12.5. The van der Waals surface area contributed by atoms with Crippen LogP contribution in [0.25, 0.3) is 10.9 Å². The van der Waals surface area contributed by atoms with Crippen molar-refractivity contribution in [3.05, 3.63) is 32.8 Å². The lowest BCUT2D eigenvalue weighted by molar-refractivity contribution is -0.132. The molecule has 1 aliphatic rings. The first kappa shape index (κ1) is 15.7. The highest BCUT2D eigenvalue weighted by molar-refractivity contribution is 6.34. The SMILES string of the molecule is O=C1CCC(=O)N1Cl.O=c1[nH]nc(Cl)c2ncc(Cl)cc12. The molecule has 0 bridgehead atoms. The summed E-state index contributed by atoms with van der Waals surface area (Å²) in [6.07, 6.45) is 1.95. The number of pyridine rings is 1. The number of rotatable bonds is 0. The van der Waals surface area contributed by atoms with E-state index in [9.17, 15) is 14.4 Å². The normalized spacial score (nSPS) is 14.3. The summed E-state index contributed by atoms with van der Waals surface area (Å²) in [5.74, 6) is -0.590. The van der Waals surface area contributed by atoms with Gasteiger partial charge >= 0.3 is 0 Å². The number of hydrogen-bond donors (Lipinski definition) is 1. The maximum absolute atomic E-state index is 11.2. The van der Waals surface area contributed by atoms with Crippen molar-refractivity contribution in [2.24, 2.45) is 0 Å². The lowest BCUT2D eigenvalue weighted by atomic mass is 10.3. The average molecular weight is 350 g/mol. The molecule has 110 valence electrons. The van der Waals surface area contributed by atoms with Gasteiger partial charge in [0.1, 0.15) is 5.52 Å². The number of carbonyl (C=O) groups is 2. The van der Waals surface area contributed by atoms with Crippen LogP contribution in [-0.2, 0) is 9.59 Å². The fourth-order valence-electron chi connectivity index (χ4n) is 1.54. The molecule has 10 heteroatoms. The number of nitrogens with one attached hydrogen (secondary N) is 1. The number of aromatic nitrogens is 3. The van der Waals surface area contributed by atoms with Gasteiger partial charge in [-0.3, -0.25) is 19.4 Å². The first-order valence-corrected chi connectivity index (χ1v) is 6.70. The van der Waals surface area contributed by atoms with Crippen LogP contribution < -0.4 is 5.56 Å². The van der Waals surface area contributed by atoms with Crippen molar-refractivity contribution >= 4 is 57.7 Å². The molecule has 1 fully saturated rings. The van der Waals surface area contributed by atoms with Crippen molar-refractivity contribution in [1.82, 2.24) is 19.6 Å². The van der Waals surface area contributed by atoms with Crippen LogP contribution in [0.3, 0.4) is 0 Å². The Bertz CT molecular complexity index is 761. The summed E-state index contributed by atoms with van der Waals surface area (Å²) in [5, 5.41) is 6.68. The van der Waals surface area contributed by atoms with Gasteiger partial charge < -0.3 is 0 Å². The second kappa shape index (κ2) is 6.38. The number of aromatic amines is 1. The van der Waals surface area contributed by atoms with E-state index >= 15 is 0 Å². The molecule has 3 rings (SSSR count). The van der Waals surface area contributed by atoms with Gasteiger partial charge in [0, 0.05) is 30.8 Å². The standard InChI is InChI=1S/C7H3Cl2N3O.C4H4ClNO2/c8-3-1-4-5(10-2-3)6(9)11-12-7(4)13;5-6-3(7)1-2-4(6)8/h1-2H,(H,12,13);1-2H2. The van der Waals surface area contributed by atoms with E-state index in [1.165, 1.54) is 12.3 Å². The summed E-state index contributed by atoms with van der Waals surface area (Å²) < 4.78 is 0.639. The van der Waals surface area contributed by atoms with E-state index in [0.29, 0.717) is 20.3 Å². The van der Waals surface area contributed by atoms with Crippen molar-refractivity contribution < 1.29 is 9.59 Å². The number of hydrogen-bond acceptors (Lipinski definition) is 5. The van der Waals surface area contributed by atoms with E-state index in [4.69, 9.17) is 35.0 Å². The fourth-order valence-corrected chi connectivity index (χ4v) is 2.06. The average Bonchev–Trinajstić information content (AvgIpc) is 2.75. The van der Waals surface area contributed by atoms with E-state index in [2.05, 4.69) is 15.2 Å². The zero-order valence-electron chi connectivity index (χ0n) is 10.3. The van der Waals surface area contributed by atoms with Crippen molar-refractivity contribution in [1.29, 1.82) is 0 Å². The quantitative estimate of drug-likeness (QED) is 0.579. The summed E-state index contributed by atoms with van der Waals surface area (Å²) in [7, 11) is 0. The molecule has 1 saturated heterocycles. The molecule has 3 heterocycles. The maximum Gasteiger partial charge on any atom is 0.273 e. The lowest BCUT2D eigenvalue weighted by Crippen LogP contribution is -2.16. The van der Waals surface area contributed by atoms with Crippen LogP contribution in [0.1, 0.15) is 12.8 Å². The predicted molar refractivity (Wildman–Crippen MR) is 77.1 cm³/mol. The maximum atomic E-state index is 11.2. The summed E-state index contributed by atoms with van der Waals surface area (Å²) in [4.78, 5) is 35.8. The van der Waals surface area contributed by atoms with Gasteiger partial charge in [0.2, 0.25) is 11.8 Å². The fraction of sp³-hybridized carbons (Fsp3) is 0.182. The Balaban J connectivity index is 0.000000173. The zero-order chi connectivity index (χ0) is 15.6. The molecule has 1 N–H and O–H groups in total. The van der Waals surface area contributed by atoms with Crippen molar-refractivity contribution in [2.75, 3.05) is 0 Å². The Kier molecular flexibility index (Phi) is 4.76. The highest BCUT2D eigenvalue weighted by atomic mass is 35.5. The van der Waals surface area contributed by atoms with Crippen molar-refractivity contribution in [3.63, 3.8) is 0 Å². The summed E-state index contributed by atoms with van der Waals surface area (Å²) in [6.45, 7) is 0. The topological polar surface area (TPSA) is 96.0 Å². The minimum Gasteiger partial charge on any atom is -0.273 e. The number of imide groups is 1. The van der Waals surface area contributed by atoms with Gasteiger partial charge in [-0.05, 0) is 6.07 Å². The van der Waals surface area contributed by atoms with E-state index < -0.39 is 0 Å². The van der Waals surface area contributed by atoms with Gasteiger partial charge in [-0.25, -0.2) is 5.10 Å². The number of amides is 2. The first-order chi connectivity index (χ1) is 9.90. The van der Waals surface area contributed by atoms with E-state index in [0.717, 1.165) is 0 Å². The molecule has 0 saturated carbocycles. The van der Waals surface area contributed by atoms with Crippen molar-refractivity contribution in [3.8, 4) is 0 Å². The van der Waals surface area contributed by atoms with Crippen LogP contribution in [-0.4, -0.2) is 31.4 Å². The van der Waals surface area contributed by atoms with E-state index in [1.807, 2.05) is 0 Å². The third-order valence-electron chi connectivity index (χ3n) is 2.54. The van der Waals surface area contributed by atoms with Gasteiger partial charge in [0.15, 0.2) is 5.15 Å². The molecule has 0 aromatic carbocycles. The molecule has 2 aromatic heterocycles. The number of halogens is 3. The molecule has 0 aliphatic carbocycles. The Hall–Kier alpha value is -1.70. The Morgan fingerprint density at radius 2 is 1.76 bits per heavy atom. The molecule has 0 unspecified atom stereocenters. The first-order valence-electron chi connectivity index (χ1n) is 5.61.